The fraction of sp³-hybridized carbons (Fsp3) is 0.294. The third kappa shape index (κ3) is 3.65. The second-order valence-electron chi connectivity index (χ2n) is 6.66. The lowest BCUT2D eigenvalue weighted by molar-refractivity contribution is 0.102. The molecule has 1 aliphatic heterocycles. The van der Waals surface area contributed by atoms with E-state index in [9.17, 15) is 17.6 Å². The van der Waals surface area contributed by atoms with Gasteiger partial charge in [-0.2, -0.15) is 0 Å². The molecule has 0 aliphatic carbocycles. The molecule has 2 heterocycles. The molecule has 0 radical (unpaired) electrons. The van der Waals surface area contributed by atoms with Gasteiger partial charge in [-0.05, 0) is 32.0 Å². The summed E-state index contributed by atoms with van der Waals surface area (Å²) in [6, 6.07) is 3.83. The molecule has 3 rings (SSSR count). The Morgan fingerprint density at radius 2 is 2.04 bits per heavy atom. The second-order valence-corrected chi connectivity index (χ2v) is 8.66. The van der Waals surface area contributed by atoms with Crippen molar-refractivity contribution in [3.8, 4) is 0 Å². The highest BCUT2D eigenvalue weighted by Crippen LogP contribution is 2.34. The van der Waals surface area contributed by atoms with Gasteiger partial charge in [-0.25, -0.2) is 27.1 Å². The van der Waals surface area contributed by atoms with Crippen LogP contribution in [0.25, 0.3) is 0 Å². The maximum absolute atomic E-state index is 14.5. The van der Waals surface area contributed by atoms with E-state index in [0.717, 1.165) is 10.4 Å². The number of rotatable bonds is 3. The van der Waals surface area contributed by atoms with Gasteiger partial charge in [-0.1, -0.05) is 0 Å². The fourth-order valence-corrected chi connectivity index (χ4v) is 4.26. The number of amides is 1. The monoisotopic (exact) mass is 406 g/mol. The third-order valence-electron chi connectivity index (χ3n) is 4.38. The van der Waals surface area contributed by atoms with Gasteiger partial charge in [0.2, 0.25) is 16.0 Å². The Bertz CT molecular complexity index is 1070. The van der Waals surface area contributed by atoms with Gasteiger partial charge in [0.25, 0.3) is 5.91 Å². The minimum Gasteiger partial charge on any atom is -0.369 e. The van der Waals surface area contributed by atoms with Crippen molar-refractivity contribution in [1.82, 2.24) is 14.3 Å². The lowest BCUT2D eigenvalue weighted by atomic mass is 9.93. The number of hydrogen-bond donors (Lipinski definition) is 2. The van der Waals surface area contributed by atoms with Crippen molar-refractivity contribution in [3.05, 3.63) is 53.4 Å². The molecule has 2 aromatic rings. The lowest BCUT2D eigenvalue weighted by Crippen LogP contribution is -2.50. The second kappa shape index (κ2) is 6.82. The number of nitrogens with one attached hydrogen (secondary N) is 1. The highest BCUT2D eigenvalue weighted by atomic mass is 32.2. The van der Waals surface area contributed by atoms with Gasteiger partial charge in [0.05, 0.1) is 17.6 Å². The van der Waals surface area contributed by atoms with Gasteiger partial charge < -0.3 is 11.1 Å². The van der Waals surface area contributed by atoms with E-state index in [4.69, 9.17) is 5.73 Å². The molecule has 3 N–H and O–H groups in total. The van der Waals surface area contributed by atoms with E-state index in [0.29, 0.717) is 5.69 Å². The van der Waals surface area contributed by atoms with Crippen LogP contribution in [-0.2, 0) is 15.6 Å². The number of aliphatic imine (C=N–C) groups is 1. The first-order chi connectivity index (χ1) is 13.0. The van der Waals surface area contributed by atoms with Crippen LogP contribution in [0.2, 0.25) is 0 Å². The van der Waals surface area contributed by atoms with Crippen LogP contribution in [0.1, 0.15) is 28.7 Å². The number of carbonyl (C=O) groups is 1. The summed E-state index contributed by atoms with van der Waals surface area (Å²) in [4.78, 5) is 24.5. The summed E-state index contributed by atoms with van der Waals surface area (Å²) in [5.41, 5.74) is 5.28. The number of hydrogen-bond acceptors (Lipinski definition) is 7. The quantitative estimate of drug-likeness (QED) is 0.781. The SMILES string of the molecule is Cc1cnc(C(=O)Nc2ccc(F)c(C3(C)CS(=O)(=O)N(C)C(N)=N3)c2)cn1. The van der Waals surface area contributed by atoms with Crippen LogP contribution in [0, 0.1) is 12.7 Å². The normalized spacial score (nSPS) is 21.1. The van der Waals surface area contributed by atoms with Crippen molar-refractivity contribution in [1.29, 1.82) is 0 Å². The molecule has 1 aromatic heterocycles. The van der Waals surface area contributed by atoms with Crippen LogP contribution in [0.3, 0.4) is 0 Å². The Labute approximate surface area is 161 Å². The van der Waals surface area contributed by atoms with Crippen molar-refractivity contribution in [2.75, 3.05) is 18.1 Å². The first kappa shape index (κ1) is 19.7. The predicted octanol–water partition coefficient (Wildman–Crippen LogP) is 0.982. The Morgan fingerprint density at radius 1 is 1.32 bits per heavy atom. The zero-order valence-corrected chi connectivity index (χ0v) is 16.3. The molecule has 1 atom stereocenters. The number of benzene rings is 1. The summed E-state index contributed by atoms with van der Waals surface area (Å²) in [5.74, 6) is -1.90. The minimum atomic E-state index is -3.76. The number of guanidine groups is 1. The first-order valence-electron chi connectivity index (χ1n) is 8.24. The smallest absolute Gasteiger partial charge is 0.275 e. The van der Waals surface area contributed by atoms with E-state index in [1.165, 1.54) is 38.5 Å². The largest absolute Gasteiger partial charge is 0.369 e. The number of sulfonamides is 1. The van der Waals surface area contributed by atoms with Gasteiger partial charge in [-0.3, -0.25) is 9.78 Å². The molecule has 28 heavy (non-hydrogen) atoms. The maximum Gasteiger partial charge on any atom is 0.275 e. The molecule has 0 bridgehead atoms. The van der Waals surface area contributed by atoms with Crippen LogP contribution in [0.4, 0.5) is 10.1 Å². The van der Waals surface area contributed by atoms with Crippen molar-refractivity contribution >= 4 is 27.6 Å². The fourth-order valence-electron chi connectivity index (χ4n) is 2.81. The van der Waals surface area contributed by atoms with E-state index in [1.54, 1.807) is 6.92 Å². The number of nitrogens with zero attached hydrogens (tertiary/aromatic N) is 4. The van der Waals surface area contributed by atoms with Gasteiger partial charge in [0.1, 0.15) is 17.1 Å². The van der Waals surface area contributed by atoms with E-state index in [1.807, 2.05) is 0 Å². The van der Waals surface area contributed by atoms with Crippen molar-refractivity contribution in [3.63, 3.8) is 0 Å². The molecule has 11 heteroatoms. The standard InChI is InChI=1S/C17H19FN6O3S/c1-10-7-21-14(8-20-10)15(25)22-11-4-5-13(18)12(6-11)17(2)9-28(26,27)24(3)16(19)23-17/h4-8H,9H2,1-3H3,(H2,19,23)(H,22,25). The number of aromatic nitrogens is 2. The summed E-state index contributed by atoms with van der Waals surface area (Å²) in [6.45, 7) is 3.21. The molecule has 1 aliphatic rings. The molecule has 0 fully saturated rings. The summed E-state index contributed by atoms with van der Waals surface area (Å²) >= 11 is 0. The van der Waals surface area contributed by atoms with E-state index in [-0.39, 0.29) is 22.9 Å². The molecule has 1 aromatic carbocycles. The predicted molar refractivity (Wildman–Crippen MR) is 102 cm³/mol. The number of halogens is 1. The van der Waals surface area contributed by atoms with Crippen LogP contribution < -0.4 is 11.1 Å². The van der Waals surface area contributed by atoms with Crippen molar-refractivity contribution < 1.29 is 17.6 Å². The summed E-state index contributed by atoms with van der Waals surface area (Å²) in [5, 5.41) is 2.59. The van der Waals surface area contributed by atoms with Crippen molar-refractivity contribution in [2.24, 2.45) is 10.7 Å². The van der Waals surface area contributed by atoms with Crippen molar-refractivity contribution in [2.45, 2.75) is 19.4 Å². The Hall–Kier alpha value is -3.08. The van der Waals surface area contributed by atoms with Crippen LogP contribution in [0.5, 0.6) is 0 Å². The minimum absolute atomic E-state index is 0.0000784. The molecule has 148 valence electrons. The average Bonchev–Trinajstić information content (AvgIpc) is 2.61. The zero-order valence-electron chi connectivity index (χ0n) is 15.5. The topological polar surface area (TPSA) is 131 Å². The highest BCUT2D eigenvalue weighted by molar-refractivity contribution is 7.89. The van der Waals surface area contributed by atoms with Crippen LogP contribution >= 0.6 is 0 Å². The Kier molecular flexibility index (Phi) is 4.79. The third-order valence-corrected chi connectivity index (χ3v) is 6.33. The Balaban J connectivity index is 1.96. The Morgan fingerprint density at radius 3 is 2.64 bits per heavy atom. The van der Waals surface area contributed by atoms with Crippen LogP contribution in [0.15, 0.2) is 35.6 Å². The zero-order chi connectivity index (χ0) is 20.7. The summed E-state index contributed by atoms with van der Waals surface area (Å²) in [6.07, 6.45) is 2.78. The number of carbonyl (C=O) groups excluding carboxylic acids is 1. The molecule has 9 nitrogen and oxygen atoms in total. The van der Waals surface area contributed by atoms with Gasteiger partial charge >= 0.3 is 0 Å². The van der Waals surface area contributed by atoms with E-state index < -0.39 is 33.0 Å². The van der Waals surface area contributed by atoms with Gasteiger partial charge in [0, 0.05) is 24.5 Å². The molecule has 1 unspecified atom stereocenters. The maximum atomic E-state index is 14.5. The van der Waals surface area contributed by atoms with E-state index >= 15 is 0 Å². The first-order valence-corrected chi connectivity index (χ1v) is 9.85. The average molecular weight is 406 g/mol. The van der Waals surface area contributed by atoms with Gasteiger partial charge in [0.15, 0.2) is 0 Å². The molecular formula is C17H19FN6O3S. The summed E-state index contributed by atoms with van der Waals surface area (Å²) < 4.78 is 40.0. The lowest BCUT2D eigenvalue weighted by Gasteiger charge is -2.34. The van der Waals surface area contributed by atoms with E-state index in [2.05, 4.69) is 20.3 Å². The number of anilines is 1. The number of aryl methyl sites for hydroxylation is 1. The highest BCUT2D eigenvalue weighted by Gasteiger charge is 2.41. The van der Waals surface area contributed by atoms with Gasteiger partial charge in [-0.15, -0.1) is 0 Å². The molecular weight excluding hydrogens is 387 g/mol. The molecule has 1 amide bonds. The number of nitrogens with two attached hydrogens (primary N) is 1. The summed E-state index contributed by atoms with van der Waals surface area (Å²) in [7, 11) is -2.48. The molecule has 0 saturated heterocycles. The molecule has 0 saturated carbocycles. The molecule has 0 spiro atoms. The van der Waals surface area contributed by atoms with Crippen LogP contribution in [-0.4, -0.2) is 47.4 Å².